The van der Waals surface area contributed by atoms with Gasteiger partial charge in [0.05, 0.1) is 19.9 Å². The number of benzene rings is 1. The molecule has 124 valence electrons. The van der Waals surface area contributed by atoms with Crippen LogP contribution in [0.3, 0.4) is 0 Å². The van der Waals surface area contributed by atoms with Gasteiger partial charge in [-0.25, -0.2) is 0 Å². The Kier molecular flexibility index (Phi) is 5.08. The topological polar surface area (TPSA) is 47.7 Å². The second-order valence-corrected chi connectivity index (χ2v) is 6.92. The van der Waals surface area contributed by atoms with Crippen molar-refractivity contribution in [3.05, 3.63) is 40.6 Å². The maximum atomic E-state index is 6.33. The van der Waals surface area contributed by atoms with Crippen LogP contribution in [-0.4, -0.2) is 33.4 Å². The Morgan fingerprint density at radius 3 is 2.78 bits per heavy atom. The van der Waals surface area contributed by atoms with Crippen LogP contribution < -0.4 is 20.1 Å². The predicted molar refractivity (Wildman–Crippen MR) is 95.9 cm³/mol. The van der Waals surface area contributed by atoms with Crippen molar-refractivity contribution in [2.24, 2.45) is 11.7 Å². The smallest absolute Gasteiger partial charge is 0.142 e. The fourth-order valence-electron chi connectivity index (χ4n) is 3.38. The summed E-state index contributed by atoms with van der Waals surface area (Å²) in [7, 11) is 3.39. The Morgan fingerprint density at radius 1 is 1.22 bits per heavy atom. The van der Waals surface area contributed by atoms with Gasteiger partial charge in [0.25, 0.3) is 0 Å². The molecule has 1 aromatic carbocycles. The fraction of sp³-hybridized carbons (Fsp3) is 0.444. The first kappa shape index (κ1) is 16.1. The fourth-order valence-corrected chi connectivity index (χ4v) is 4.06. The van der Waals surface area contributed by atoms with Gasteiger partial charge in [-0.15, -0.1) is 0 Å². The summed E-state index contributed by atoms with van der Waals surface area (Å²) < 4.78 is 10.9. The standard InChI is InChI=1S/C18H24N2O2S/c1-21-16-3-4-18(22-2)17(9-16)20-10-14(8-15(19)11-20)7-13-5-6-23-12-13/h3-6,9,12,14-15H,7-8,10-11,19H2,1-2H3. The Labute approximate surface area is 141 Å². The highest BCUT2D eigenvalue weighted by molar-refractivity contribution is 7.07. The third-order valence-electron chi connectivity index (χ3n) is 4.40. The molecule has 2 atom stereocenters. The predicted octanol–water partition coefficient (Wildman–Crippen LogP) is 3.16. The molecular weight excluding hydrogens is 308 g/mol. The van der Waals surface area contributed by atoms with Crippen LogP contribution in [0.15, 0.2) is 35.0 Å². The van der Waals surface area contributed by atoms with Crippen molar-refractivity contribution in [1.29, 1.82) is 0 Å². The minimum atomic E-state index is 0.184. The number of hydrogen-bond acceptors (Lipinski definition) is 5. The summed E-state index contributed by atoms with van der Waals surface area (Å²) in [6, 6.07) is 8.32. The van der Waals surface area contributed by atoms with Gasteiger partial charge in [0.1, 0.15) is 11.5 Å². The van der Waals surface area contributed by atoms with Crippen LogP contribution in [0.2, 0.25) is 0 Å². The van der Waals surface area contributed by atoms with Gasteiger partial charge in [-0.3, -0.25) is 0 Å². The summed E-state index contributed by atoms with van der Waals surface area (Å²) in [5, 5.41) is 4.37. The first-order valence-corrected chi connectivity index (χ1v) is 8.87. The van der Waals surface area contributed by atoms with Crippen LogP contribution >= 0.6 is 11.3 Å². The third kappa shape index (κ3) is 3.79. The van der Waals surface area contributed by atoms with Crippen LogP contribution in [0, 0.1) is 5.92 Å². The van der Waals surface area contributed by atoms with E-state index in [1.807, 2.05) is 18.2 Å². The Hall–Kier alpha value is -1.72. The number of nitrogens with zero attached hydrogens (tertiary/aromatic N) is 1. The number of ether oxygens (including phenoxy) is 2. The molecule has 2 heterocycles. The highest BCUT2D eigenvalue weighted by Crippen LogP contribution is 2.35. The van der Waals surface area contributed by atoms with Gasteiger partial charge < -0.3 is 20.1 Å². The Morgan fingerprint density at radius 2 is 2.09 bits per heavy atom. The number of methoxy groups -OCH3 is 2. The number of hydrogen-bond donors (Lipinski definition) is 1. The largest absolute Gasteiger partial charge is 0.497 e. The Balaban J connectivity index is 1.81. The van der Waals surface area contributed by atoms with E-state index in [2.05, 4.69) is 21.7 Å². The molecule has 0 saturated carbocycles. The molecule has 1 saturated heterocycles. The molecule has 2 N–H and O–H groups in total. The molecular formula is C18H24N2O2S. The lowest BCUT2D eigenvalue weighted by Gasteiger charge is -2.38. The molecule has 5 heteroatoms. The van der Waals surface area contributed by atoms with Gasteiger partial charge in [-0.2, -0.15) is 11.3 Å². The van der Waals surface area contributed by atoms with Crippen molar-refractivity contribution in [3.63, 3.8) is 0 Å². The molecule has 1 fully saturated rings. The van der Waals surface area contributed by atoms with Crippen LogP contribution in [0.4, 0.5) is 5.69 Å². The zero-order valence-electron chi connectivity index (χ0n) is 13.7. The molecule has 23 heavy (non-hydrogen) atoms. The van der Waals surface area contributed by atoms with Crippen molar-refractivity contribution < 1.29 is 9.47 Å². The second-order valence-electron chi connectivity index (χ2n) is 6.14. The normalized spacial score (nSPS) is 21.3. The average molecular weight is 332 g/mol. The lowest BCUT2D eigenvalue weighted by atomic mass is 9.89. The van der Waals surface area contributed by atoms with Crippen LogP contribution in [0.1, 0.15) is 12.0 Å². The lowest BCUT2D eigenvalue weighted by molar-refractivity contribution is 0.365. The monoisotopic (exact) mass is 332 g/mol. The molecule has 0 amide bonds. The van der Waals surface area contributed by atoms with E-state index in [0.717, 1.165) is 43.1 Å². The first-order valence-electron chi connectivity index (χ1n) is 7.93. The zero-order chi connectivity index (χ0) is 16.2. The minimum Gasteiger partial charge on any atom is -0.497 e. The number of nitrogens with two attached hydrogens (primary N) is 1. The van der Waals surface area contributed by atoms with Crippen molar-refractivity contribution in [3.8, 4) is 11.5 Å². The number of piperidine rings is 1. The van der Waals surface area contributed by atoms with Gasteiger partial charge in [-0.05, 0) is 53.3 Å². The van der Waals surface area contributed by atoms with E-state index in [-0.39, 0.29) is 6.04 Å². The van der Waals surface area contributed by atoms with Crippen molar-refractivity contribution in [2.75, 3.05) is 32.2 Å². The average Bonchev–Trinajstić information content (AvgIpc) is 3.06. The summed E-state index contributed by atoms with van der Waals surface area (Å²) in [5.41, 5.74) is 8.81. The molecule has 0 radical (unpaired) electrons. The molecule has 1 aliphatic heterocycles. The van der Waals surface area contributed by atoms with Crippen LogP contribution in [-0.2, 0) is 6.42 Å². The third-order valence-corrected chi connectivity index (χ3v) is 5.13. The highest BCUT2D eigenvalue weighted by Gasteiger charge is 2.27. The maximum absolute atomic E-state index is 6.33. The van der Waals surface area contributed by atoms with Gasteiger partial charge in [-0.1, -0.05) is 0 Å². The van der Waals surface area contributed by atoms with Crippen molar-refractivity contribution in [2.45, 2.75) is 18.9 Å². The maximum Gasteiger partial charge on any atom is 0.142 e. The zero-order valence-corrected chi connectivity index (χ0v) is 14.5. The lowest BCUT2D eigenvalue weighted by Crippen LogP contribution is -2.47. The summed E-state index contributed by atoms with van der Waals surface area (Å²) in [4.78, 5) is 2.34. The van der Waals surface area contributed by atoms with E-state index in [4.69, 9.17) is 15.2 Å². The van der Waals surface area contributed by atoms with Gasteiger partial charge in [0.15, 0.2) is 0 Å². The SMILES string of the molecule is COc1ccc(OC)c(N2CC(N)CC(Cc3ccsc3)C2)c1. The summed E-state index contributed by atoms with van der Waals surface area (Å²) in [5.74, 6) is 2.27. The molecule has 0 spiro atoms. The molecule has 0 bridgehead atoms. The van der Waals surface area contributed by atoms with Crippen molar-refractivity contribution >= 4 is 17.0 Å². The highest BCUT2D eigenvalue weighted by atomic mass is 32.1. The molecule has 1 aliphatic rings. The second kappa shape index (κ2) is 7.23. The van der Waals surface area contributed by atoms with Crippen molar-refractivity contribution in [1.82, 2.24) is 0 Å². The molecule has 2 aromatic rings. The van der Waals surface area contributed by atoms with E-state index in [1.165, 1.54) is 5.56 Å². The first-order chi connectivity index (χ1) is 11.2. The molecule has 0 aliphatic carbocycles. The van der Waals surface area contributed by atoms with E-state index in [9.17, 15) is 0 Å². The van der Waals surface area contributed by atoms with Crippen LogP contribution in [0.25, 0.3) is 0 Å². The number of thiophene rings is 1. The summed E-state index contributed by atoms with van der Waals surface area (Å²) in [6.07, 6.45) is 2.15. The van der Waals surface area contributed by atoms with E-state index < -0.39 is 0 Å². The number of rotatable bonds is 5. The summed E-state index contributed by atoms with van der Waals surface area (Å²) in [6.45, 7) is 1.84. The molecule has 2 unspecified atom stereocenters. The quantitative estimate of drug-likeness (QED) is 0.914. The summed E-state index contributed by atoms with van der Waals surface area (Å²) >= 11 is 1.76. The van der Waals surface area contributed by atoms with Crippen LogP contribution in [0.5, 0.6) is 11.5 Å². The van der Waals surface area contributed by atoms with E-state index in [0.29, 0.717) is 5.92 Å². The van der Waals surface area contributed by atoms with Gasteiger partial charge >= 0.3 is 0 Å². The van der Waals surface area contributed by atoms with Gasteiger partial charge in [0, 0.05) is 25.2 Å². The molecule has 1 aromatic heterocycles. The van der Waals surface area contributed by atoms with E-state index in [1.54, 1.807) is 25.6 Å². The van der Waals surface area contributed by atoms with Gasteiger partial charge in [0.2, 0.25) is 0 Å². The van der Waals surface area contributed by atoms with E-state index >= 15 is 0 Å². The molecule has 3 rings (SSSR count). The molecule has 4 nitrogen and oxygen atoms in total. The number of anilines is 1. The minimum absolute atomic E-state index is 0.184. The Bertz CT molecular complexity index is 630.